The maximum absolute atomic E-state index is 13.6. The summed E-state index contributed by atoms with van der Waals surface area (Å²) in [7, 11) is 5.32. The van der Waals surface area contributed by atoms with E-state index < -0.39 is 24.4 Å². The van der Waals surface area contributed by atoms with Gasteiger partial charge in [-0.25, -0.2) is 29.1 Å². The third-order valence-corrected chi connectivity index (χ3v) is 11.4. The number of amides is 4. The molecule has 9 rings (SSSR count). The van der Waals surface area contributed by atoms with Crippen molar-refractivity contribution in [3.63, 3.8) is 0 Å². The van der Waals surface area contributed by atoms with Crippen molar-refractivity contribution < 1.29 is 38.1 Å². The number of fused-ring (bicyclic) bond motifs is 7. The van der Waals surface area contributed by atoms with Crippen LogP contribution in [0, 0.1) is 0 Å². The van der Waals surface area contributed by atoms with Gasteiger partial charge < -0.3 is 18.9 Å². The van der Waals surface area contributed by atoms with Gasteiger partial charge >= 0.3 is 24.4 Å². The number of ether oxygens (including phenoxy) is 4. The number of carbonyl (C=O) groups is 4. The predicted molar refractivity (Wildman–Crippen MR) is 246 cm³/mol. The Hall–Kier alpha value is -8.26. The lowest BCUT2D eigenvalue weighted by atomic mass is 10.0. The van der Waals surface area contributed by atoms with Crippen LogP contribution in [0.1, 0.15) is 22.3 Å². The number of rotatable bonds is 0. The number of anilines is 4. The van der Waals surface area contributed by atoms with Crippen LogP contribution in [0.5, 0.6) is 0 Å². The van der Waals surface area contributed by atoms with Crippen LogP contribution in [0.15, 0.2) is 133 Å². The fourth-order valence-electron chi connectivity index (χ4n) is 8.15. The average Bonchev–Trinajstić information content (AvgIpc) is 3.33. The Morgan fingerprint density at radius 1 is 0.375 bits per heavy atom. The van der Waals surface area contributed by atoms with Crippen molar-refractivity contribution in [2.75, 3.05) is 48.0 Å². The summed E-state index contributed by atoms with van der Waals surface area (Å²) in [5.41, 5.74) is 7.73. The summed E-state index contributed by atoms with van der Waals surface area (Å²) < 4.78 is 21.1. The summed E-state index contributed by atoms with van der Waals surface area (Å²) in [5.74, 6) is 0. The van der Waals surface area contributed by atoms with Gasteiger partial charge in [-0.2, -0.15) is 0 Å². The molecule has 1 aliphatic rings. The molecule has 0 fully saturated rings. The Balaban J connectivity index is 1.22. The zero-order valence-corrected chi connectivity index (χ0v) is 35.5. The Morgan fingerprint density at radius 2 is 0.688 bits per heavy atom. The van der Waals surface area contributed by atoms with Gasteiger partial charge in [-0.1, -0.05) is 72.8 Å². The van der Waals surface area contributed by atoms with E-state index in [0.29, 0.717) is 44.8 Å². The number of hydrogen-bond acceptors (Lipinski definition) is 10. The van der Waals surface area contributed by atoms with Gasteiger partial charge in [0.1, 0.15) is 0 Å². The number of methoxy groups -OCH3 is 4. The van der Waals surface area contributed by atoms with E-state index in [0.717, 1.165) is 43.8 Å². The van der Waals surface area contributed by atoms with Crippen molar-refractivity contribution in [2.24, 2.45) is 0 Å². The third kappa shape index (κ3) is 7.99. The summed E-state index contributed by atoms with van der Waals surface area (Å²) in [6.45, 7) is 0.513. The zero-order chi connectivity index (χ0) is 44.5. The molecular formula is C50H42N6O8. The highest BCUT2D eigenvalue weighted by Crippen LogP contribution is 2.33. The number of hydrogen-bond donors (Lipinski definition) is 0. The van der Waals surface area contributed by atoms with Crippen molar-refractivity contribution in [1.29, 1.82) is 0 Å². The topological polar surface area (TPSA) is 144 Å². The maximum atomic E-state index is 13.6. The molecule has 6 aromatic carbocycles. The van der Waals surface area contributed by atoms with Gasteiger partial charge in [-0.3, -0.25) is 19.6 Å². The Labute approximate surface area is 367 Å². The van der Waals surface area contributed by atoms with Crippen molar-refractivity contribution in [3.8, 4) is 0 Å². The Kier molecular flexibility index (Phi) is 11.1. The van der Waals surface area contributed by atoms with Crippen molar-refractivity contribution in [1.82, 2.24) is 9.97 Å². The van der Waals surface area contributed by atoms with Crippen LogP contribution in [0.4, 0.5) is 41.9 Å². The first kappa shape index (κ1) is 41.1. The van der Waals surface area contributed by atoms with E-state index in [4.69, 9.17) is 28.9 Å². The number of carbonyl (C=O) groups excluding carboxylic acids is 4. The lowest BCUT2D eigenvalue weighted by Gasteiger charge is -2.26. The minimum atomic E-state index is -0.588. The molecule has 10 bridgehead atoms. The van der Waals surface area contributed by atoms with E-state index in [-0.39, 0.29) is 26.2 Å². The molecular weight excluding hydrogens is 813 g/mol. The van der Waals surface area contributed by atoms with E-state index in [2.05, 4.69) is 0 Å². The van der Waals surface area contributed by atoms with Gasteiger partial charge in [0.05, 0.1) is 76.7 Å². The first-order chi connectivity index (χ1) is 31.1. The minimum absolute atomic E-state index is 0.104. The lowest BCUT2D eigenvalue weighted by molar-refractivity contribution is 0.177. The molecule has 14 heteroatoms. The van der Waals surface area contributed by atoms with Crippen LogP contribution in [-0.2, 0) is 45.1 Å². The lowest BCUT2D eigenvalue weighted by Crippen LogP contribution is -2.33. The standard InChI is InChI=1S/C50H42N6O8/c1-61-47(57)53-27-31-8-7-9-32(20-31)28-54(48(58)62-2)40-17-13-34-22-36-15-19-42(26-46(36)52-44(34)24-40)56(50(60)64-4)30-38-11-6-5-10-37(38)29-55(49(59)63-3)41-18-14-35-21-33-12-16-39(53)23-43(33)51-45(35)25-41/h5-26H,27-30H2,1-4H3. The molecule has 320 valence electrons. The quantitative estimate of drug-likeness (QED) is 0.107. The molecule has 0 saturated carbocycles. The molecule has 0 saturated heterocycles. The monoisotopic (exact) mass is 854 g/mol. The molecule has 0 unspecified atom stereocenters. The molecule has 3 heterocycles. The summed E-state index contributed by atoms with van der Waals surface area (Å²) in [5, 5.41) is 3.37. The zero-order valence-electron chi connectivity index (χ0n) is 35.5. The smallest absolute Gasteiger partial charge is 0.414 e. The van der Waals surface area contributed by atoms with E-state index in [9.17, 15) is 19.2 Å². The van der Waals surface area contributed by atoms with E-state index in [1.165, 1.54) is 48.0 Å². The molecule has 0 N–H and O–H groups in total. The van der Waals surface area contributed by atoms with Gasteiger partial charge in [-0.05, 0) is 82.9 Å². The van der Waals surface area contributed by atoms with Crippen LogP contribution < -0.4 is 19.6 Å². The summed E-state index contributed by atoms with van der Waals surface area (Å²) >= 11 is 0. The van der Waals surface area contributed by atoms with Crippen LogP contribution in [0.3, 0.4) is 0 Å². The van der Waals surface area contributed by atoms with E-state index in [1.807, 2.05) is 133 Å². The summed E-state index contributed by atoms with van der Waals surface area (Å²) in [6.07, 6.45) is -2.32. The molecule has 1 aliphatic heterocycles. The third-order valence-electron chi connectivity index (χ3n) is 11.4. The van der Waals surface area contributed by atoms with Gasteiger partial charge in [0.2, 0.25) is 0 Å². The Morgan fingerprint density at radius 3 is 1.00 bits per heavy atom. The van der Waals surface area contributed by atoms with Crippen molar-refractivity contribution >= 4 is 90.7 Å². The fourth-order valence-corrected chi connectivity index (χ4v) is 8.15. The van der Waals surface area contributed by atoms with E-state index in [1.54, 1.807) is 0 Å². The molecule has 64 heavy (non-hydrogen) atoms. The highest BCUT2D eigenvalue weighted by molar-refractivity contribution is 6.00. The number of pyridine rings is 2. The van der Waals surface area contributed by atoms with Gasteiger partial charge in [-0.15, -0.1) is 0 Å². The van der Waals surface area contributed by atoms with E-state index >= 15 is 0 Å². The largest absolute Gasteiger partial charge is 0.452 e. The second-order valence-corrected chi connectivity index (χ2v) is 15.3. The second-order valence-electron chi connectivity index (χ2n) is 15.3. The number of benzene rings is 6. The highest BCUT2D eigenvalue weighted by atomic mass is 16.6. The number of aromatic nitrogens is 2. The SMILES string of the molecule is COC(=O)N1Cc2cccc(c2)CN(C(=O)OC)c2ccc3cc4ccc(cc4nc3c2)N(C(=O)OC)Cc2ccccc2CN(C(=O)OC)c2ccc3cc4ccc1cc4nc3c2. The Bertz CT molecular complexity index is 2950. The maximum Gasteiger partial charge on any atom is 0.414 e. The predicted octanol–water partition coefficient (Wildman–Crippen LogP) is 10.5. The molecule has 0 spiro atoms. The molecule has 0 radical (unpaired) electrons. The van der Waals surface area contributed by atoms with Crippen LogP contribution >= 0.6 is 0 Å². The normalized spacial score (nSPS) is 13.2. The summed E-state index contributed by atoms with van der Waals surface area (Å²) in [4.78, 5) is 70.2. The van der Waals surface area contributed by atoms with Crippen molar-refractivity contribution in [2.45, 2.75) is 26.2 Å². The average molecular weight is 855 g/mol. The first-order valence-corrected chi connectivity index (χ1v) is 20.4. The molecule has 0 aliphatic carbocycles. The van der Waals surface area contributed by atoms with Crippen molar-refractivity contribution in [3.05, 3.63) is 156 Å². The summed E-state index contributed by atoms with van der Waals surface area (Å²) in [6, 6.07) is 41.4. The molecule has 0 atom stereocenters. The molecule has 14 nitrogen and oxygen atoms in total. The van der Waals surface area contributed by atoms with Crippen LogP contribution in [0.25, 0.3) is 43.6 Å². The van der Waals surface area contributed by atoms with Crippen LogP contribution in [0.2, 0.25) is 0 Å². The second kappa shape index (κ2) is 17.2. The molecule has 4 amide bonds. The van der Waals surface area contributed by atoms with Crippen LogP contribution in [-0.4, -0.2) is 62.8 Å². The first-order valence-electron chi connectivity index (χ1n) is 20.4. The highest BCUT2D eigenvalue weighted by Gasteiger charge is 2.25. The minimum Gasteiger partial charge on any atom is -0.452 e. The molecule has 2 aromatic heterocycles. The number of nitrogens with zero attached hydrogens (tertiary/aromatic N) is 6. The molecule has 8 aromatic rings. The van der Waals surface area contributed by atoms with Gasteiger partial charge in [0, 0.05) is 44.3 Å². The van der Waals surface area contributed by atoms with Gasteiger partial charge in [0.15, 0.2) is 0 Å². The fraction of sp³-hybridized carbons (Fsp3) is 0.160. The van der Waals surface area contributed by atoms with Gasteiger partial charge in [0.25, 0.3) is 0 Å².